The minimum Gasteiger partial charge on any atom is -0.352 e. The van der Waals surface area contributed by atoms with E-state index in [9.17, 15) is 9.59 Å². The summed E-state index contributed by atoms with van der Waals surface area (Å²) < 4.78 is 0. The Labute approximate surface area is 138 Å². The Morgan fingerprint density at radius 3 is 2.41 bits per heavy atom. The second kappa shape index (κ2) is 8.76. The molecule has 0 saturated carbocycles. The molecule has 22 heavy (non-hydrogen) atoms. The molecular formula is C16H26ClN3O2. The van der Waals surface area contributed by atoms with Gasteiger partial charge in [-0.15, -0.1) is 12.4 Å². The van der Waals surface area contributed by atoms with E-state index in [0.29, 0.717) is 18.7 Å². The zero-order valence-electron chi connectivity index (χ0n) is 13.6. The van der Waals surface area contributed by atoms with E-state index in [0.717, 1.165) is 5.56 Å². The van der Waals surface area contributed by atoms with E-state index >= 15 is 0 Å². The number of rotatable bonds is 5. The van der Waals surface area contributed by atoms with Crippen LogP contribution in [0.15, 0.2) is 24.3 Å². The van der Waals surface area contributed by atoms with Gasteiger partial charge in [-0.25, -0.2) is 0 Å². The number of amides is 2. The van der Waals surface area contributed by atoms with Crippen LogP contribution in [0, 0.1) is 5.41 Å². The second-order valence-corrected chi connectivity index (χ2v) is 6.12. The van der Waals surface area contributed by atoms with Crippen molar-refractivity contribution in [1.29, 1.82) is 0 Å². The fraction of sp³-hybridized carbons (Fsp3) is 0.500. The zero-order valence-corrected chi connectivity index (χ0v) is 14.4. The van der Waals surface area contributed by atoms with Crippen molar-refractivity contribution in [3.05, 3.63) is 35.4 Å². The molecule has 124 valence electrons. The summed E-state index contributed by atoms with van der Waals surface area (Å²) in [5.74, 6) is -0.303. The van der Waals surface area contributed by atoms with E-state index in [-0.39, 0.29) is 29.6 Å². The number of carbonyl (C=O) groups excluding carboxylic acids is 2. The second-order valence-electron chi connectivity index (χ2n) is 6.12. The molecule has 0 aliphatic carbocycles. The van der Waals surface area contributed by atoms with Crippen LogP contribution in [0.2, 0.25) is 0 Å². The molecule has 0 aliphatic heterocycles. The molecule has 0 saturated heterocycles. The Kier molecular flexibility index (Phi) is 8.12. The Morgan fingerprint density at radius 2 is 1.86 bits per heavy atom. The summed E-state index contributed by atoms with van der Waals surface area (Å²) in [5, 5.41) is 5.55. The van der Waals surface area contributed by atoms with Crippen LogP contribution in [-0.2, 0) is 11.3 Å². The van der Waals surface area contributed by atoms with Gasteiger partial charge in [0.05, 0.1) is 6.04 Å². The minimum absolute atomic E-state index is 0. The van der Waals surface area contributed by atoms with Crippen molar-refractivity contribution in [1.82, 2.24) is 10.6 Å². The van der Waals surface area contributed by atoms with E-state index in [4.69, 9.17) is 5.73 Å². The van der Waals surface area contributed by atoms with Gasteiger partial charge >= 0.3 is 0 Å². The van der Waals surface area contributed by atoms with Gasteiger partial charge in [-0.1, -0.05) is 32.9 Å². The van der Waals surface area contributed by atoms with Crippen LogP contribution in [0.25, 0.3) is 0 Å². The van der Waals surface area contributed by atoms with E-state index < -0.39 is 6.04 Å². The van der Waals surface area contributed by atoms with E-state index in [1.807, 2.05) is 33.8 Å². The first-order valence-corrected chi connectivity index (χ1v) is 7.16. The van der Waals surface area contributed by atoms with Crippen LogP contribution in [0.3, 0.4) is 0 Å². The summed E-state index contributed by atoms with van der Waals surface area (Å²) in [7, 11) is 0. The van der Waals surface area contributed by atoms with Crippen molar-refractivity contribution in [2.75, 3.05) is 6.54 Å². The molecule has 1 aromatic carbocycles. The molecule has 0 bridgehead atoms. The van der Waals surface area contributed by atoms with Gasteiger partial charge in [-0.05, 0) is 30.0 Å². The van der Waals surface area contributed by atoms with E-state index in [1.54, 1.807) is 18.2 Å². The average molecular weight is 328 g/mol. The molecule has 1 atom stereocenters. The van der Waals surface area contributed by atoms with Crippen LogP contribution in [0.5, 0.6) is 0 Å². The van der Waals surface area contributed by atoms with Crippen LogP contribution in [-0.4, -0.2) is 24.4 Å². The molecule has 0 aliphatic rings. The number of hydrogen-bond acceptors (Lipinski definition) is 3. The molecule has 4 N–H and O–H groups in total. The van der Waals surface area contributed by atoms with Gasteiger partial charge < -0.3 is 16.4 Å². The third-order valence-electron chi connectivity index (χ3n) is 3.21. The molecule has 0 spiro atoms. The van der Waals surface area contributed by atoms with Gasteiger partial charge in [0.25, 0.3) is 5.91 Å². The largest absolute Gasteiger partial charge is 0.352 e. The molecule has 5 nitrogen and oxygen atoms in total. The van der Waals surface area contributed by atoms with Crippen molar-refractivity contribution in [2.24, 2.45) is 11.1 Å². The summed E-state index contributed by atoms with van der Waals surface area (Å²) in [6.07, 6.45) is 0. The third kappa shape index (κ3) is 6.03. The molecule has 0 unspecified atom stereocenters. The number of nitrogens with one attached hydrogen (secondary N) is 2. The summed E-state index contributed by atoms with van der Waals surface area (Å²) >= 11 is 0. The first-order chi connectivity index (χ1) is 9.75. The van der Waals surface area contributed by atoms with Crippen LogP contribution < -0.4 is 16.4 Å². The highest BCUT2D eigenvalue weighted by molar-refractivity contribution is 5.94. The average Bonchev–Trinajstić information content (AvgIpc) is 2.43. The van der Waals surface area contributed by atoms with E-state index in [2.05, 4.69) is 10.6 Å². The number of halogens is 1. The molecule has 6 heteroatoms. The molecule has 2 amide bonds. The van der Waals surface area contributed by atoms with Crippen molar-refractivity contribution < 1.29 is 9.59 Å². The molecule has 1 rings (SSSR count). The van der Waals surface area contributed by atoms with Gasteiger partial charge in [0.15, 0.2) is 0 Å². The van der Waals surface area contributed by atoms with Crippen molar-refractivity contribution in [3.8, 4) is 0 Å². The first kappa shape index (κ1) is 20.4. The molecule has 0 heterocycles. The standard InChI is InChI=1S/C16H25N3O2.ClH/c1-5-18-14(20)12-8-6-7-11(9-12)10-19-15(21)13(17)16(2,3)4;/h6-9,13H,5,10,17H2,1-4H3,(H,18,20)(H,19,21);1H/t13-;/m1./s1. The SMILES string of the molecule is CCNC(=O)c1cccc(CNC(=O)[C@@H](N)C(C)(C)C)c1.Cl. The fourth-order valence-electron chi connectivity index (χ4n) is 1.78. The predicted octanol–water partition coefficient (Wildman–Crippen LogP) is 1.85. The lowest BCUT2D eigenvalue weighted by molar-refractivity contribution is -0.124. The van der Waals surface area contributed by atoms with Gasteiger partial charge in [0, 0.05) is 18.7 Å². The molecule has 1 aromatic rings. The lowest BCUT2D eigenvalue weighted by Gasteiger charge is -2.25. The Morgan fingerprint density at radius 1 is 1.23 bits per heavy atom. The quantitative estimate of drug-likeness (QED) is 0.771. The van der Waals surface area contributed by atoms with Gasteiger partial charge in [0.2, 0.25) is 5.91 Å². The maximum absolute atomic E-state index is 12.0. The molecule has 0 fully saturated rings. The highest BCUT2D eigenvalue weighted by Gasteiger charge is 2.27. The highest BCUT2D eigenvalue weighted by Crippen LogP contribution is 2.17. The van der Waals surface area contributed by atoms with Crippen LogP contribution in [0.4, 0.5) is 0 Å². The summed E-state index contributed by atoms with van der Waals surface area (Å²) in [6, 6.07) is 6.62. The lowest BCUT2D eigenvalue weighted by atomic mass is 9.87. The van der Waals surface area contributed by atoms with Crippen molar-refractivity contribution >= 4 is 24.2 Å². The maximum atomic E-state index is 12.0. The Bertz CT molecular complexity index is 512. The summed E-state index contributed by atoms with van der Waals surface area (Å²) in [6.45, 7) is 8.58. The Balaban J connectivity index is 0.00000441. The molecule has 0 aromatic heterocycles. The van der Waals surface area contributed by atoms with Crippen LogP contribution >= 0.6 is 12.4 Å². The molecular weight excluding hydrogens is 302 g/mol. The lowest BCUT2D eigenvalue weighted by Crippen LogP contribution is -2.48. The predicted molar refractivity (Wildman–Crippen MR) is 91.0 cm³/mol. The van der Waals surface area contributed by atoms with E-state index in [1.165, 1.54) is 0 Å². The highest BCUT2D eigenvalue weighted by atomic mass is 35.5. The summed E-state index contributed by atoms with van der Waals surface area (Å²) in [5.41, 5.74) is 7.07. The molecule has 0 radical (unpaired) electrons. The van der Waals surface area contributed by atoms with Crippen molar-refractivity contribution in [3.63, 3.8) is 0 Å². The monoisotopic (exact) mass is 327 g/mol. The van der Waals surface area contributed by atoms with Crippen molar-refractivity contribution in [2.45, 2.75) is 40.3 Å². The Hall–Kier alpha value is -1.59. The third-order valence-corrected chi connectivity index (χ3v) is 3.21. The zero-order chi connectivity index (χ0) is 16.0. The smallest absolute Gasteiger partial charge is 0.251 e. The normalized spacial score (nSPS) is 12.0. The minimum atomic E-state index is -0.566. The number of carbonyl (C=O) groups is 2. The van der Waals surface area contributed by atoms with Gasteiger partial charge in [0.1, 0.15) is 0 Å². The van der Waals surface area contributed by atoms with Gasteiger partial charge in [-0.2, -0.15) is 0 Å². The van der Waals surface area contributed by atoms with Gasteiger partial charge in [-0.3, -0.25) is 9.59 Å². The maximum Gasteiger partial charge on any atom is 0.251 e. The van der Waals surface area contributed by atoms with Crippen LogP contribution in [0.1, 0.15) is 43.6 Å². The summed E-state index contributed by atoms with van der Waals surface area (Å²) in [4.78, 5) is 23.7. The number of hydrogen-bond donors (Lipinski definition) is 3. The number of benzene rings is 1. The first-order valence-electron chi connectivity index (χ1n) is 7.16. The topological polar surface area (TPSA) is 84.2 Å². The fourth-order valence-corrected chi connectivity index (χ4v) is 1.78. The number of nitrogens with two attached hydrogens (primary N) is 1.